The van der Waals surface area contributed by atoms with Crippen LogP contribution in [0.3, 0.4) is 0 Å². The summed E-state index contributed by atoms with van der Waals surface area (Å²) in [7, 11) is 1.69. The zero-order chi connectivity index (χ0) is 14.3. The number of nitrogens with one attached hydrogen (secondary N) is 2. The first kappa shape index (κ1) is 15.0. The summed E-state index contributed by atoms with van der Waals surface area (Å²) < 4.78 is 0. The van der Waals surface area contributed by atoms with Crippen LogP contribution >= 0.6 is 0 Å². The maximum atomic E-state index is 11.6. The highest BCUT2D eigenvalue weighted by Gasteiger charge is 2.08. The Bertz CT molecular complexity index is 431. The van der Waals surface area contributed by atoms with E-state index in [0.717, 1.165) is 5.56 Å². The molecule has 0 aliphatic rings. The van der Waals surface area contributed by atoms with Crippen LogP contribution in [0.5, 0.6) is 0 Å². The van der Waals surface area contributed by atoms with E-state index in [4.69, 9.17) is 5.73 Å². The Hall–Kier alpha value is -2.08. The van der Waals surface area contributed by atoms with E-state index in [9.17, 15) is 9.59 Å². The van der Waals surface area contributed by atoms with Crippen molar-refractivity contribution in [2.45, 2.75) is 13.5 Å². The molecule has 4 N–H and O–H groups in total. The molecule has 0 spiro atoms. The van der Waals surface area contributed by atoms with Gasteiger partial charge < -0.3 is 21.3 Å². The molecule has 6 nitrogen and oxygen atoms in total. The van der Waals surface area contributed by atoms with Gasteiger partial charge in [0.15, 0.2) is 0 Å². The molecular formula is C13H20N4O2. The second-order valence-electron chi connectivity index (χ2n) is 4.12. The third kappa shape index (κ3) is 4.97. The lowest BCUT2D eigenvalue weighted by Crippen LogP contribution is -2.39. The average molecular weight is 264 g/mol. The minimum absolute atomic E-state index is 0.0168. The van der Waals surface area contributed by atoms with E-state index < -0.39 is 6.03 Å². The Balaban J connectivity index is 2.40. The number of likely N-dealkylation sites (N-methyl/N-ethyl adjacent to an activating group) is 1. The van der Waals surface area contributed by atoms with E-state index in [1.165, 1.54) is 4.90 Å². The van der Waals surface area contributed by atoms with Crippen molar-refractivity contribution in [2.75, 3.05) is 25.5 Å². The zero-order valence-corrected chi connectivity index (χ0v) is 11.3. The van der Waals surface area contributed by atoms with Gasteiger partial charge in [0.1, 0.15) is 0 Å². The molecular weight excluding hydrogens is 244 g/mol. The molecule has 0 saturated heterocycles. The van der Waals surface area contributed by atoms with E-state index >= 15 is 0 Å². The number of carbonyl (C=O) groups is 2. The van der Waals surface area contributed by atoms with Crippen LogP contribution in [0.2, 0.25) is 0 Å². The van der Waals surface area contributed by atoms with E-state index in [1.54, 1.807) is 19.2 Å². The number of urea groups is 1. The fraction of sp³-hybridized carbons (Fsp3) is 0.385. The van der Waals surface area contributed by atoms with Crippen LogP contribution < -0.4 is 16.4 Å². The molecule has 0 saturated carbocycles. The summed E-state index contributed by atoms with van der Waals surface area (Å²) >= 11 is 0. The van der Waals surface area contributed by atoms with Crippen LogP contribution in [0.15, 0.2) is 24.3 Å². The van der Waals surface area contributed by atoms with E-state index in [2.05, 4.69) is 10.6 Å². The Kier molecular flexibility index (Phi) is 5.81. The number of anilines is 1. The Morgan fingerprint density at radius 3 is 2.42 bits per heavy atom. The second kappa shape index (κ2) is 7.38. The Labute approximate surface area is 113 Å². The lowest BCUT2D eigenvalue weighted by atomic mass is 10.2. The molecule has 19 heavy (non-hydrogen) atoms. The molecule has 6 heteroatoms. The number of hydrogen-bond donors (Lipinski definition) is 3. The van der Waals surface area contributed by atoms with Crippen molar-refractivity contribution in [3.05, 3.63) is 29.8 Å². The van der Waals surface area contributed by atoms with Gasteiger partial charge in [0, 0.05) is 25.8 Å². The molecule has 1 rings (SSSR count). The summed E-state index contributed by atoms with van der Waals surface area (Å²) in [5.74, 6) is -0.129. The summed E-state index contributed by atoms with van der Waals surface area (Å²) in [4.78, 5) is 24.6. The van der Waals surface area contributed by atoms with E-state index in [1.807, 2.05) is 19.1 Å². The molecule has 0 aromatic heterocycles. The van der Waals surface area contributed by atoms with Gasteiger partial charge in [-0.1, -0.05) is 12.1 Å². The lowest BCUT2D eigenvalue weighted by Gasteiger charge is -2.15. The maximum absolute atomic E-state index is 11.6. The topological polar surface area (TPSA) is 87.5 Å². The highest BCUT2D eigenvalue weighted by molar-refractivity contribution is 5.92. The number of hydrogen-bond acceptors (Lipinski definition) is 3. The smallest absolute Gasteiger partial charge is 0.319 e. The third-order valence-electron chi connectivity index (χ3n) is 2.75. The summed E-state index contributed by atoms with van der Waals surface area (Å²) in [5, 5.41) is 5.15. The zero-order valence-electron chi connectivity index (χ0n) is 11.3. The fourth-order valence-corrected chi connectivity index (χ4v) is 1.37. The predicted molar refractivity (Wildman–Crippen MR) is 74.7 cm³/mol. The number of nitrogens with two attached hydrogens (primary N) is 1. The SMILES string of the molecule is CCN(C)C(=O)CNC(=O)Nc1ccc(CN)cc1. The molecule has 3 amide bonds. The molecule has 0 aliphatic heterocycles. The van der Waals surface area contributed by atoms with Crippen molar-refractivity contribution in [1.82, 2.24) is 10.2 Å². The molecule has 1 aromatic rings. The van der Waals surface area contributed by atoms with Gasteiger partial charge in [0.25, 0.3) is 0 Å². The highest BCUT2D eigenvalue weighted by atomic mass is 16.2. The first-order chi connectivity index (χ1) is 9.06. The van der Waals surface area contributed by atoms with Crippen molar-refractivity contribution >= 4 is 17.6 Å². The van der Waals surface area contributed by atoms with Crippen molar-refractivity contribution < 1.29 is 9.59 Å². The highest BCUT2D eigenvalue weighted by Crippen LogP contribution is 2.08. The lowest BCUT2D eigenvalue weighted by molar-refractivity contribution is -0.128. The van der Waals surface area contributed by atoms with Gasteiger partial charge in [-0.25, -0.2) is 4.79 Å². The molecule has 0 bridgehead atoms. The van der Waals surface area contributed by atoms with Crippen molar-refractivity contribution in [1.29, 1.82) is 0 Å². The monoisotopic (exact) mass is 264 g/mol. The first-order valence-corrected chi connectivity index (χ1v) is 6.14. The van der Waals surface area contributed by atoms with Crippen molar-refractivity contribution in [3.8, 4) is 0 Å². The summed E-state index contributed by atoms with van der Waals surface area (Å²) in [6.45, 7) is 2.93. The number of benzene rings is 1. The standard InChI is InChI=1S/C13H20N4O2/c1-3-17(2)12(18)9-15-13(19)16-11-6-4-10(8-14)5-7-11/h4-7H,3,8-9,14H2,1-2H3,(H2,15,16,19). The van der Waals surface area contributed by atoms with Crippen LogP contribution in [0.25, 0.3) is 0 Å². The van der Waals surface area contributed by atoms with E-state index in [-0.39, 0.29) is 12.5 Å². The van der Waals surface area contributed by atoms with Crippen LogP contribution in [-0.2, 0) is 11.3 Å². The molecule has 0 aliphatic carbocycles. The molecule has 0 heterocycles. The number of nitrogens with zero attached hydrogens (tertiary/aromatic N) is 1. The third-order valence-corrected chi connectivity index (χ3v) is 2.75. The molecule has 104 valence electrons. The van der Waals surface area contributed by atoms with Crippen LogP contribution in [0.4, 0.5) is 10.5 Å². The molecule has 0 fully saturated rings. The molecule has 1 aromatic carbocycles. The van der Waals surface area contributed by atoms with Gasteiger partial charge in [-0.15, -0.1) is 0 Å². The van der Waals surface area contributed by atoms with Gasteiger partial charge in [-0.2, -0.15) is 0 Å². The summed E-state index contributed by atoms with van der Waals surface area (Å²) in [6, 6.07) is 6.80. The van der Waals surface area contributed by atoms with E-state index in [0.29, 0.717) is 18.8 Å². The van der Waals surface area contributed by atoms with Gasteiger partial charge in [0.05, 0.1) is 6.54 Å². The van der Waals surface area contributed by atoms with Crippen molar-refractivity contribution in [3.63, 3.8) is 0 Å². The minimum Gasteiger partial charge on any atom is -0.345 e. The Morgan fingerprint density at radius 1 is 1.26 bits per heavy atom. The Morgan fingerprint density at radius 2 is 1.89 bits per heavy atom. The molecule has 0 unspecified atom stereocenters. The number of rotatable bonds is 5. The van der Waals surface area contributed by atoms with Crippen LogP contribution in [0.1, 0.15) is 12.5 Å². The quantitative estimate of drug-likeness (QED) is 0.733. The fourth-order valence-electron chi connectivity index (χ4n) is 1.37. The van der Waals surface area contributed by atoms with Gasteiger partial charge in [0.2, 0.25) is 5.91 Å². The average Bonchev–Trinajstić information content (AvgIpc) is 2.44. The first-order valence-electron chi connectivity index (χ1n) is 6.14. The van der Waals surface area contributed by atoms with Gasteiger partial charge in [-0.3, -0.25) is 4.79 Å². The van der Waals surface area contributed by atoms with Crippen molar-refractivity contribution in [2.24, 2.45) is 5.73 Å². The maximum Gasteiger partial charge on any atom is 0.319 e. The number of amides is 3. The summed E-state index contributed by atoms with van der Waals surface area (Å²) in [5.41, 5.74) is 7.13. The number of carbonyl (C=O) groups excluding carboxylic acids is 2. The second-order valence-corrected chi connectivity index (χ2v) is 4.12. The van der Waals surface area contributed by atoms with Crippen LogP contribution in [-0.4, -0.2) is 37.0 Å². The normalized spacial score (nSPS) is 9.84. The largest absolute Gasteiger partial charge is 0.345 e. The minimum atomic E-state index is -0.404. The van der Waals surface area contributed by atoms with Crippen LogP contribution in [0, 0.1) is 0 Å². The van der Waals surface area contributed by atoms with Gasteiger partial charge >= 0.3 is 6.03 Å². The summed E-state index contributed by atoms with van der Waals surface area (Å²) in [6.07, 6.45) is 0. The molecule has 0 radical (unpaired) electrons. The van der Waals surface area contributed by atoms with Gasteiger partial charge in [-0.05, 0) is 24.6 Å². The molecule has 0 atom stereocenters. The predicted octanol–water partition coefficient (Wildman–Crippen LogP) is 0.745.